The number of alkyl carbamates (subject to hydrolysis) is 1. The van der Waals surface area contributed by atoms with Crippen molar-refractivity contribution in [3.05, 3.63) is 0 Å². The lowest BCUT2D eigenvalue weighted by Crippen LogP contribution is -2.52. The van der Waals surface area contributed by atoms with E-state index in [9.17, 15) is 9.59 Å². The molecule has 1 aliphatic rings. The smallest absolute Gasteiger partial charge is 0.408 e. The lowest BCUT2D eigenvalue weighted by atomic mass is 10.1. The van der Waals surface area contributed by atoms with Crippen molar-refractivity contribution in [1.82, 2.24) is 10.6 Å². The van der Waals surface area contributed by atoms with Crippen LogP contribution in [0.2, 0.25) is 0 Å². The highest BCUT2D eigenvalue weighted by atomic mass is 35.5. The lowest BCUT2D eigenvalue weighted by Gasteiger charge is -2.28. The zero-order valence-corrected chi connectivity index (χ0v) is 14.0. The molecule has 0 aliphatic heterocycles. The van der Waals surface area contributed by atoms with Crippen molar-refractivity contribution < 1.29 is 14.3 Å². The van der Waals surface area contributed by atoms with Crippen LogP contribution in [0.15, 0.2) is 0 Å². The summed E-state index contributed by atoms with van der Waals surface area (Å²) in [5, 5.41) is 5.44. The van der Waals surface area contributed by atoms with Gasteiger partial charge in [0.25, 0.3) is 0 Å². The van der Waals surface area contributed by atoms with Crippen molar-refractivity contribution in [2.45, 2.75) is 56.5 Å². The number of halogens is 2. The number of carbonyl (C=O) groups is 2. The highest BCUT2D eigenvalue weighted by Crippen LogP contribution is 2.53. The van der Waals surface area contributed by atoms with E-state index in [-0.39, 0.29) is 18.4 Å². The van der Waals surface area contributed by atoms with Gasteiger partial charge >= 0.3 is 6.09 Å². The van der Waals surface area contributed by atoms with Gasteiger partial charge in [-0.2, -0.15) is 0 Å². The average Bonchev–Trinajstić information content (AvgIpc) is 2.80. The number of rotatable bonds is 4. The van der Waals surface area contributed by atoms with Crippen LogP contribution in [0.5, 0.6) is 0 Å². The van der Waals surface area contributed by atoms with Crippen LogP contribution in [0.25, 0.3) is 0 Å². The van der Waals surface area contributed by atoms with E-state index >= 15 is 0 Å². The maximum atomic E-state index is 11.8. The minimum atomic E-state index is -0.938. The molecule has 5 nitrogen and oxygen atoms in total. The van der Waals surface area contributed by atoms with Crippen molar-refractivity contribution in [2.75, 3.05) is 6.54 Å². The molecule has 1 atom stereocenters. The summed E-state index contributed by atoms with van der Waals surface area (Å²) < 4.78 is 4.23. The topological polar surface area (TPSA) is 67.4 Å². The van der Waals surface area contributed by atoms with Gasteiger partial charge in [-0.1, -0.05) is 0 Å². The molecule has 2 N–H and O–H groups in total. The van der Waals surface area contributed by atoms with Gasteiger partial charge in [0, 0.05) is 6.54 Å². The minimum absolute atomic E-state index is 0.200. The highest BCUT2D eigenvalue weighted by Gasteiger charge is 2.56. The Balaban J connectivity index is 2.38. The van der Waals surface area contributed by atoms with E-state index in [4.69, 9.17) is 27.9 Å². The molecule has 0 unspecified atom stereocenters. The van der Waals surface area contributed by atoms with Gasteiger partial charge < -0.3 is 15.4 Å². The summed E-state index contributed by atoms with van der Waals surface area (Å²) in [5.74, 6) is -0.572. The summed E-state index contributed by atoms with van der Waals surface area (Å²) in [4.78, 5) is 23.4. The molecule has 0 saturated heterocycles. The van der Waals surface area contributed by atoms with Gasteiger partial charge in [-0.15, -0.1) is 23.2 Å². The first-order valence-electron chi connectivity index (χ1n) is 6.49. The maximum Gasteiger partial charge on any atom is 0.408 e. The normalized spacial score (nSPS) is 21.1. The van der Waals surface area contributed by atoms with E-state index in [1.54, 1.807) is 34.6 Å². The SMILES string of the molecule is CC(C)(CNC(=O)[C@@H]1CC1(Cl)Cl)NC(=O)OC(C)(C)C. The van der Waals surface area contributed by atoms with Gasteiger partial charge in [-0.25, -0.2) is 4.79 Å². The van der Waals surface area contributed by atoms with Crippen molar-refractivity contribution in [2.24, 2.45) is 5.92 Å². The van der Waals surface area contributed by atoms with Gasteiger partial charge in [-0.3, -0.25) is 4.79 Å². The molecule has 0 spiro atoms. The third-order valence-corrected chi connectivity index (χ3v) is 3.52. The fourth-order valence-corrected chi connectivity index (χ4v) is 2.06. The van der Waals surface area contributed by atoms with Crippen molar-refractivity contribution >= 4 is 35.2 Å². The Bertz CT molecular complexity index is 403. The van der Waals surface area contributed by atoms with Gasteiger partial charge in [0.2, 0.25) is 5.91 Å². The number of amides is 2. The average molecular weight is 325 g/mol. The summed E-state index contributed by atoms with van der Waals surface area (Å²) in [5.41, 5.74) is -1.19. The highest BCUT2D eigenvalue weighted by molar-refractivity contribution is 6.52. The fraction of sp³-hybridized carbons (Fsp3) is 0.846. The first kappa shape index (κ1) is 17.4. The van der Waals surface area contributed by atoms with Gasteiger partial charge in [0.05, 0.1) is 11.5 Å². The molecule has 116 valence electrons. The largest absolute Gasteiger partial charge is 0.444 e. The molecule has 2 amide bonds. The molecule has 7 heteroatoms. The minimum Gasteiger partial charge on any atom is -0.444 e. The first-order valence-corrected chi connectivity index (χ1v) is 7.25. The third kappa shape index (κ3) is 5.75. The Labute approximate surface area is 129 Å². The second kappa shape index (κ2) is 5.60. The summed E-state index contributed by atoms with van der Waals surface area (Å²) in [6.45, 7) is 9.21. The second-order valence-corrected chi connectivity index (χ2v) is 8.29. The Morgan fingerprint density at radius 1 is 1.25 bits per heavy atom. The molecule has 0 aromatic heterocycles. The second-order valence-electron chi connectivity index (χ2n) is 6.75. The summed E-state index contributed by atoms with van der Waals surface area (Å²) in [7, 11) is 0. The molecule has 0 heterocycles. The molecule has 1 saturated carbocycles. The van der Waals surface area contributed by atoms with Crippen molar-refractivity contribution in [3.8, 4) is 0 Å². The Morgan fingerprint density at radius 2 is 1.75 bits per heavy atom. The van der Waals surface area contributed by atoms with Crippen LogP contribution in [0.4, 0.5) is 4.79 Å². The molecule has 0 radical (unpaired) electrons. The quantitative estimate of drug-likeness (QED) is 0.781. The zero-order valence-electron chi connectivity index (χ0n) is 12.5. The molecular weight excluding hydrogens is 303 g/mol. The molecule has 0 bridgehead atoms. The molecule has 1 aliphatic carbocycles. The molecule has 0 aromatic rings. The van der Waals surface area contributed by atoms with Crippen molar-refractivity contribution in [1.29, 1.82) is 0 Å². The number of hydrogen-bond donors (Lipinski definition) is 2. The summed E-state index contributed by atoms with van der Waals surface area (Å²) >= 11 is 11.6. The van der Waals surface area contributed by atoms with E-state index in [2.05, 4.69) is 10.6 Å². The standard InChI is InChI=1S/C13H22Cl2N2O3/c1-11(2,3)20-10(19)17-12(4,5)7-16-9(18)8-6-13(8,14)15/h8H,6-7H2,1-5H3,(H,16,18)(H,17,19)/t8-/m0/s1. The molecule has 1 fully saturated rings. The van der Waals surface area contributed by atoms with Crippen LogP contribution >= 0.6 is 23.2 Å². The molecule has 20 heavy (non-hydrogen) atoms. The number of hydrogen-bond acceptors (Lipinski definition) is 3. The van der Waals surface area contributed by atoms with E-state index in [0.717, 1.165) is 0 Å². The van der Waals surface area contributed by atoms with Gasteiger partial charge in [-0.05, 0) is 41.0 Å². The molecular formula is C13H22Cl2N2O3. The van der Waals surface area contributed by atoms with Crippen LogP contribution in [0, 0.1) is 5.92 Å². The number of nitrogens with one attached hydrogen (secondary N) is 2. The summed E-state index contributed by atoms with van der Waals surface area (Å²) in [6.07, 6.45) is -0.0609. The Kier molecular flexibility index (Phi) is 4.87. The van der Waals surface area contributed by atoms with Crippen LogP contribution in [0.3, 0.4) is 0 Å². The monoisotopic (exact) mass is 324 g/mol. The fourth-order valence-electron chi connectivity index (χ4n) is 1.55. The van der Waals surface area contributed by atoms with Crippen LogP contribution in [-0.4, -0.2) is 34.0 Å². The Morgan fingerprint density at radius 3 is 2.15 bits per heavy atom. The number of ether oxygens (including phenoxy) is 1. The van der Waals surface area contributed by atoms with Gasteiger partial charge in [0.1, 0.15) is 9.93 Å². The lowest BCUT2D eigenvalue weighted by molar-refractivity contribution is -0.122. The Hall–Kier alpha value is -0.680. The number of alkyl halides is 2. The van der Waals surface area contributed by atoms with E-state index in [0.29, 0.717) is 6.42 Å². The van der Waals surface area contributed by atoms with E-state index < -0.39 is 21.6 Å². The molecule has 1 rings (SSSR count). The first-order chi connectivity index (χ1) is 8.82. The maximum absolute atomic E-state index is 11.8. The van der Waals surface area contributed by atoms with Crippen LogP contribution in [0.1, 0.15) is 41.0 Å². The van der Waals surface area contributed by atoms with Crippen LogP contribution in [-0.2, 0) is 9.53 Å². The zero-order chi connectivity index (χ0) is 15.8. The summed E-state index contributed by atoms with van der Waals surface area (Å²) in [6, 6.07) is 0. The van der Waals surface area contributed by atoms with Crippen LogP contribution < -0.4 is 10.6 Å². The van der Waals surface area contributed by atoms with E-state index in [1.165, 1.54) is 0 Å². The third-order valence-electron chi connectivity index (χ3n) is 2.69. The predicted octanol–water partition coefficient (Wildman–Crippen LogP) is 2.60. The van der Waals surface area contributed by atoms with Gasteiger partial charge in [0.15, 0.2) is 0 Å². The molecule has 0 aromatic carbocycles. The van der Waals surface area contributed by atoms with Crippen molar-refractivity contribution in [3.63, 3.8) is 0 Å². The number of carbonyl (C=O) groups excluding carboxylic acids is 2. The predicted molar refractivity (Wildman–Crippen MR) is 79.0 cm³/mol. The van der Waals surface area contributed by atoms with E-state index in [1.807, 2.05) is 0 Å².